The molecule has 3 aliphatic rings. The molecular formula is C15H26N6O3S. The number of ether oxygens (including phenoxy) is 1. The zero-order valence-electron chi connectivity index (χ0n) is 14.1. The molecule has 140 valence electrons. The highest BCUT2D eigenvalue weighted by Gasteiger charge is 2.39. The Morgan fingerprint density at radius 1 is 1.28 bits per heavy atom. The van der Waals surface area contributed by atoms with Crippen molar-refractivity contribution in [3.8, 4) is 0 Å². The molecule has 9 nitrogen and oxygen atoms in total. The van der Waals surface area contributed by atoms with E-state index in [1.807, 2.05) is 0 Å². The van der Waals surface area contributed by atoms with Gasteiger partial charge in [-0.3, -0.25) is 15.5 Å². The lowest BCUT2D eigenvalue weighted by Gasteiger charge is -2.42. The van der Waals surface area contributed by atoms with Crippen LogP contribution in [0.25, 0.3) is 0 Å². The van der Waals surface area contributed by atoms with Gasteiger partial charge in [-0.15, -0.1) is 0 Å². The number of hydrogen-bond donors (Lipinski definition) is 6. The van der Waals surface area contributed by atoms with E-state index in [1.54, 1.807) is 0 Å². The van der Waals surface area contributed by atoms with E-state index in [0.717, 1.165) is 32.4 Å². The quantitative estimate of drug-likeness (QED) is 0.181. The minimum Gasteiger partial charge on any atom is -0.464 e. The summed E-state index contributed by atoms with van der Waals surface area (Å²) in [5.41, 5.74) is 5.79. The molecule has 0 bridgehead atoms. The smallest absolute Gasteiger partial charge is 0.328 e. The van der Waals surface area contributed by atoms with Crippen LogP contribution in [0, 0.1) is 5.92 Å². The van der Waals surface area contributed by atoms with Gasteiger partial charge in [-0.05, 0) is 44.6 Å². The second-order valence-corrected chi connectivity index (χ2v) is 6.96. The normalized spacial score (nSPS) is 31.7. The Hall–Kier alpha value is -1.49. The van der Waals surface area contributed by atoms with Crippen LogP contribution >= 0.6 is 12.2 Å². The van der Waals surface area contributed by atoms with Gasteiger partial charge in [0.2, 0.25) is 5.91 Å². The summed E-state index contributed by atoms with van der Waals surface area (Å²) < 4.78 is 4.89. The van der Waals surface area contributed by atoms with E-state index in [-0.39, 0.29) is 36.0 Å². The van der Waals surface area contributed by atoms with Crippen molar-refractivity contribution < 1.29 is 14.3 Å². The number of nitrogens with one attached hydrogen (secondary N) is 6. The number of carbonyl (C=O) groups excluding carboxylic acids is 2. The molecule has 25 heavy (non-hydrogen) atoms. The van der Waals surface area contributed by atoms with Crippen LogP contribution in [0.3, 0.4) is 0 Å². The molecule has 3 saturated heterocycles. The van der Waals surface area contributed by atoms with Crippen LogP contribution in [0.5, 0.6) is 0 Å². The van der Waals surface area contributed by atoms with Gasteiger partial charge < -0.3 is 20.7 Å². The molecule has 0 saturated carbocycles. The minimum absolute atomic E-state index is 0.0151. The number of piperidine rings is 1. The number of hydrogen-bond acceptors (Lipinski definition) is 7. The van der Waals surface area contributed by atoms with E-state index >= 15 is 0 Å². The van der Waals surface area contributed by atoms with E-state index in [1.165, 1.54) is 0 Å². The van der Waals surface area contributed by atoms with Crippen molar-refractivity contribution >= 4 is 29.2 Å². The van der Waals surface area contributed by atoms with Crippen molar-refractivity contribution in [2.24, 2.45) is 5.92 Å². The Morgan fingerprint density at radius 3 is 2.96 bits per heavy atom. The highest BCUT2D eigenvalue weighted by Crippen LogP contribution is 2.20. The SMILES string of the molecule is O=C1OCCC1NC(=S)NCCCNC1NNC(=O)C2CCCNC12. The maximum atomic E-state index is 11.9. The fraction of sp³-hybridized carbons (Fsp3) is 0.800. The Bertz CT molecular complexity index is 519. The molecule has 0 aliphatic carbocycles. The summed E-state index contributed by atoms with van der Waals surface area (Å²) in [6, 6.07) is -0.214. The molecule has 1 amide bonds. The summed E-state index contributed by atoms with van der Waals surface area (Å²) in [7, 11) is 0. The maximum absolute atomic E-state index is 11.9. The number of amides is 1. The second-order valence-electron chi connectivity index (χ2n) is 6.56. The first-order chi connectivity index (χ1) is 12.1. The number of cyclic esters (lactones) is 1. The minimum atomic E-state index is -0.331. The molecule has 0 aromatic carbocycles. The Labute approximate surface area is 152 Å². The second kappa shape index (κ2) is 8.75. The van der Waals surface area contributed by atoms with Crippen molar-refractivity contribution in [2.45, 2.75) is 43.9 Å². The van der Waals surface area contributed by atoms with Gasteiger partial charge >= 0.3 is 5.97 Å². The fourth-order valence-corrected chi connectivity index (χ4v) is 3.69. The van der Waals surface area contributed by atoms with Crippen LogP contribution in [-0.2, 0) is 14.3 Å². The molecule has 3 aliphatic heterocycles. The Balaban J connectivity index is 1.31. The summed E-state index contributed by atoms with van der Waals surface area (Å²) >= 11 is 5.19. The topological polar surface area (TPSA) is 116 Å². The molecule has 3 fully saturated rings. The van der Waals surface area contributed by atoms with E-state index in [0.29, 0.717) is 24.7 Å². The Kier molecular flexibility index (Phi) is 6.40. The predicted octanol–water partition coefficient (Wildman–Crippen LogP) is -1.93. The third-order valence-electron chi connectivity index (χ3n) is 4.80. The molecular weight excluding hydrogens is 344 g/mol. The molecule has 4 unspecified atom stereocenters. The van der Waals surface area contributed by atoms with Gasteiger partial charge in [0, 0.05) is 19.0 Å². The highest BCUT2D eigenvalue weighted by atomic mass is 32.1. The van der Waals surface area contributed by atoms with Gasteiger partial charge in [0.15, 0.2) is 5.11 Å². The fourth-order valence-electron chi connectivity index (χ4n) is 3.45. The summed E-state index contributed by atoms with van der Waals surface area (Å²) in [5, 5.41) is 13.4. The molecule has 10 heteroatoms. The summed E-state index contributed by atoms with van der Waals surface area (Å²) in [6.07, 6.45) is 3.48. The van der Waals surface area contributed by atoms with E-state index in [2.05, 4.69) is 32.1 Å². The van der Waals surface area contributed by atoms with Crippen molar-refractivity contribution in [3.63, 3.8) is 0 Å². The third kappa shape index (κ3) is 4.78. The Morgan fingerprint density at radius 2 is 2.16 bits per heavy atom. The number of carbonyl (C=O) groups is 2. The highest BCUT2D eigenvalue weighted by molar-refractivity contribution is 7.80. The van der Waals surface area contributed by atoms with Gasteiger partial charge in [-0.2, -0.15) is 0 Å². The van der Waals surface area contributed by atoms with E-state index in [9.17, 15) is 9.59 Å². The first kappa shape index (κ1) is 18.3. The first-order valence-corrected chi connectivity index (χ1v) is 9.29. The van der Waals surface area contributed by atoms with Crippen LogP contribution in [0.1, 0.15) is 25.7 Å². The van der Waals surface area contributed by atoms with Crippen molar-refractivity contribution in [1.29, 1.82) is 0 Å². The van der Waals surface area contributed by atoms with E-state index < -0.39 is 0 Å². The number of fused-ring (bicyclic) bond motifs is 1. The lowest BCUT2D eigenvalue weighted by atomic mass is 9.87. The van der Waals surface area contributed by atoms with Crippen LogP contribution in [0.2, 0.25) is 0 Å². The largest absolute Gasteiger partial charge is 0.464 e. The third-order valence-corrected chi connectivity index (χ3v) is 5.06. The molecule has 0 aromatic rings. The predicted molar refractivity (Wildman–Crippen MR) is 95.3 cm³/mol. The van der Waals surface area contributed by atoms with Gasteiger partial charge in [0.1, 0.15) is 6.04 Å². The van der Waals surface area contributed by atoms with Crippen molar-refractivity contribution in [3.05, 3.63) is 0 Å². The standard InChI is InChI=1S/C15H26N6O3S/c22-13-9-3-1-5-16-11(9)12(20-21-13)17-6-2-7-18-15(25)19-10-4-8-24-14(10)23/h9-12,16-17,20H,1-8H2,(H,21,22)(H2,18,19,25). The summed E-state index contributed by atoms with van der Waals surface area (Å²) in [6.45, 7) is 2.87. The molecule has 4 atom stereocenters. The van der Waals surface area contributed by atoms with Gasteiger partial charge in [0.05, 0.1) is 18.7 Å². The maximum Gasteiger partial charge on any atom is 0.328 e. The van der Waals surface area contributed by atoms with Gasteiger partial charge in [-0.1, -0.05) is 0 Å². The summed E-state index contributed by atoms with van der Waals surface area (Å²) in [4.78, 5) is 23.3. The van der Waals surface area contributed by atoms with Crippen molar-refractivity contribution in [2.75, 3.05) is 26.2 Å². The monoisotopic (exact) mass is 370 g/mol. The van der Waals surface area contributed by atoms with Crippen molar-refractivity contribution in [1.82, 2.24) is 32.1 Å². The molecule has 3 rings (SSSR count). The van der Waals surface area contributed by atoms with Crippen LogP contribution < -0.4 is 32.1 Å². The lowest BCUT2D eigenvalue weighted by molar-refractivity contribution is -0.139. The number of thiocarbonyl (C=S) groups is 1. The molecule has 3 heterocycles. The van der Waals surface area contributed by atoms with Crippen LogP contribution in [-0.4, -0.2) is 61.5 Å². The molecule has 6 N–H and O–H groups in total. The average molecular weight is 370 g/mol. The van der Waals surface area contributed by atoms with Gasteiger partial charge in [-0.25, -0.2) is 10.2 Å². The first-order valence-electron chi connectivity index (χ1n) is 8.88. The zero-order valence-corrected chi connectivity index (χ0v) is 14.9. The number of rotatable bonds is 6. The zero-order chi connectivity index (χ0) is 17.6. The average Bonchev–Trinajstić information content (AvgIpc) is 3.01. The van der Waals surface area contributed by atoms with E-state index in [4.69, 9.17) is 17.0 Å². The number of esters is 1. The van der Waals surface area contributed by atoms with Crippen LogP contribution in [0.4, 0.5) is 0 Å². The summed E-state index contributed by atoms with van der Waals surface area (Å²) in [5.74, 6) is -0.155. The number of hydrazine groups is 1. The van der Waals surface area contributed by atoms with Crippen LogP contribution in [0.15, 0.2) is 0 Å². The molecule has 0 spiro atoms. The molecule has 0 radical (unpaired) electrons. The lowest BCUT2D eigenvalue weighted by Crippen LogP contribution is -2.71. The molecule has 0 aromatic heterocycles. The van der Waals surface area contributed by atoms with Gasteiger partial charge in [0.25, 0.3) is 0 Å².